The number of carboxylic acids is 1. The molecule has 12 heteroatoms. The third-order valence-electron chi connectivity index (χ3n) is 39.5. The Morgan fingerprint density at radius 1 is 0.413 bits per heavy atom. The predicted octanol–water partition coefficient (Wildman–Crippen LogP) is 19.2. The van der Waals surface area contributed by atoms with E-state index >= 15 is 0 Å². The number of allylic oxidation sites excluding steroid dienone is 6. The van der Waals surface area contributed by atoms with Gasteiger partial charge in [-0.3, -0.25) is 19.2 Å². The number of rotatable bonds is 6. The number of methoxy groups -OCH3 is 2. The highest BCUT2D eigenvalue weighted by Crippen LogP contribution is 2.80. The number of aliphatic carboxylic acids is 1. The number of aliphatic hydroxyl groups is 4. The lowest BCUT2D eigenvalue weighted by atomic mass is 9.33. The minimum atomic E-state index is -0.848. The van der Waals surface area contributed by atoms with Crippen LogP contribution in [-0.4, -0.2) is 95.2 Å². The Bertz CT molecular complexity index is 3540. The van der Waals surface area contributed by atoms with Crippen LogP contribution in [0.2, 0.25) is 0 Å². The third-order valence-corrected chi connectivity index (χ3v) is 39.5. The number of hydrogen-bond acceptors (Lipinski definition) is 11. The van der Waals surface area contributed by atoms with Gasteiger partial charge in [0, 0.05) is 17.3 Å². The van der Waals surface area contributed by atoms with Crippen LogP contribution in [0.4, 0.5) is 0 Å². The Balaban J connectivity index is 0.000000139. The average Bonchev–Trinajstić information content (AvgIpc) is 0.685. The van der Waals surface area contributed by atoms with Crippen LogP contribution in [0.5, 0.6) is 0 Å². The van der Waals surface area contributed by atoms with E-state index in [4.69, 9.17) is 9.47 Å². The van der Waals surface area contributed by atoms with Crippen molar-refractivity contribution < 1.29 is 59.0 Å². The van der Waals surface area contributed by atoms with Gasteiger partial charge < -0.3 is 39.8 Å². The predicted molar refractivity (Wildman–Crippen MR) is 409 cm³/mol. The average molecular weight is 1440 g/mol. The van der Waals surface area contributed by atoms with Crippen molar-refractivity contribution in [2.24, 2.45) is 151 Å². The van der Waals surface area contributed by atoms with Gasteiger partial charge in [-0.1, -0.05) is 153 Å². The van der Waals surface area contributed by atoms with Crippen LogP contribution < -0.4 is 0 Å². The van der Waals surface area contributed by atoms with E-state index in [2.05, 4.69) is 136 Å². The van der Waals surface area contributed by atoms with Crippen LogP contribution in [0, 0.1) is 151 Å². The smallest absolute Gasteiger partial charge is 0.312 e. The van der Waals surface area contributed by atoms with Crippen LogP contribution >= 0.6 is 0 Å². The van der Waals surface area contributed by atoms with Crippen molar-refractivity contribution in [1.82, 2.24) is 0 Å². The zero-order chi connectivity index (χ0) is 76.3. The summed E-state index contributed by atoms with van der Waals surface area (Å²) in [6, 6.07) is 0. The summed E-state index contributed by atoms with van der Waals surface area (Å²) in [6.45, 7) is 42.8. The first kappa shape index (κ1) is 78.9. The summed E-state index contributed by atoms with van der Waals surface area (Å²) in [4.78, 5) is 64.7. The lowest BCUT2D eigenvalue weighted by Crippen LogP contribution is -2.66. The highest BCUT2D eigenvalue weighted by Gasteiger charge is 2.75. The summed E-state index contributed by atoms with van der Waals surface area (Å²) in [6.07, 6.45) is 36.7. The molecule has 5 N–H and O–H groups in total. The maximum Gasteiger partial charge on any atom is 0.312 e. The quantitative estimate of drug-likeness (QED) is 0.0729. The summed E-state index contributed by atoms with van der Waals surface area (Å²) in [5, 5.41) is 53.2. The molecule has 104 heavy (non-hydrogen) atoms. The first-order valence-corrected chi connectivity index (χ1v) is 42.3. The van der Waals surface area contributed by atoms with Gasteiger partial charge in [0.1, 0.15) is 12.1 Å². The molecule has 0 radical (unpaired) electrons. The van der Waals surface area contributed by atoms with Crippen molar-refractivity contribution in [3.8, 4) is 0 Å². The van der Waals surface area contributed by atoms with E-state index in [0.29, 0.717) is 36.0 Å². The Morgan fingerprint density at radius 3 is 1.05 bits per heavy atom. The van der Waals surface area contributed by atoms with E-state index in [9.17, 15) is 49.5 Å². The highest BCUT2D eigenvalue weighted by atomic mass is 16.5. The molecule has 0 amide bonds. The highest BCUT2D eigenvalue weighted by molar-refractivity contribution is 5.99. The molecule has 0 aliphatic heterocycles. The lowest BCUT2D eigenvalue weighted by Gasteiger charge is -2.71. The molecule has 12 saturated carbocycles. The number of fused-ring (bicyclic) bond motifs is 21. The molecule has 15 aliphatic rings. The molecule has 15 rings (SSSR count). The largest absolute Gasteiger partial charge is 0.481 e. The number of ketones is 1. The Labute approximate surface area is 628 Å². The SMILES string of the molecule is CC1(C)CC[C@]2(C(=O)O)CC[C@]3(C)C(=CC[C@@H]4[C@@]5(C)CC[C@H](O)[C@@](C)(CO)[C@@H]5CC[C@]43C)[C@@H]2C1.COC(=O)[C@]12CCC(C)(C)C[C@H]1C1=CC[C@@H]3[C@@]4(C)CCC(=O)[C@@](C)(C=O)[C@@H]4CC[C@@]3(C)[C@]1(C)CC2.COC(=O)[C@]12CCC(C)(C)C[C@H]1C1=CC[C@@H]3[C@@]4(C)CC[C@H](O)[C@@](C)(CO)[C@@H]4CC[C@@]3(C)[C@]1(C)CC2. The van der Waals surface area contributed by atoms with E-state index in [1.165, 1.54) is 11.1 Å². The fourth-order valence-corrected chi connectivity index (χ4v) is 32.0. The summed E-state index contributed by atoms with van der Waals surface area (Å²) in [5.74, 6) is 2.50. The molecule has 12 nitrogen and oxygen atoms in total. The van der Waals surface area contributed by atoms with Gasteiger partial charge in [-0.25, -0.2) is 0 Å². The zero-order valence-corrected chi connectivity index (χ0v) is 68.9. The monoisotopic (exact) mass is 1440 g/mol. The fraction of sp³-hybridized carbons (Fsp3) is 0.880. The van der Waals surface area contributed by atoms with E-state index in [1.807, 2.05) is 6.92 Å². The van der Waals surface area contributed by atoms with Gasteiger partial charge in [0.25, 0.3) is 0 Å². The molecular weight excluding hydrogens is 1300 g/mol. The number of carboxylic acid groups (broad SMARTS) is 1. The maximum atomic E-state index is 13.4. The van der Waals surface area contributed by atoms with Gasteiger partial charge in [0.05, 0.1) is 61.3 Å². The van der Waals surface area contributed by atoms with E-state index in [-0.39, 0.29) is 130 Å². The molecular formula is C92H144O12. The number of ether oxygens (including phenoxy) is 2. The molecule has 584 valence electrons. The molecule has 26 atom stereocenters. The van der Waals surface area contributed by atoms with Crippen LogP contribution in [-0.2, 0) is 33.4 Å². The number of hydrogen-bond donors (Lipinski definition) is 5. The van der Waals surface area contributed by atoms with Gasteiger partial charge in [-0.05, 0) is 311 Å². The van der Waals surface area contributed by atoms with Crippen molar-refractivity contribution >= 4 is 30.0 Å². The molecule has 12 fully saturated rings. The number of carbonyl (C=O) groups excluding carboxylic acids is 4. The van der Waals surface area contributed by atoms with Crippen LogP contribution in [0.25, 0.3) is 0 Å². The fourth-order valence-electron chi connectivity index (χ4n) is 32.0. The van der Waals surface area contributed by atoms with Gasteiger partial charge >= 0.3 is 17.9 Å². The second-order valence-electron chi connectivity index (χ2n) is 44.7. The third kappa shape index (κ3) is 10.4. The normalized spacial score (nSPS) is 52.4. The van der Waals surface area contributed by atoms with Crippen molar-refractivity contribution in [3.05, 3.63) is 34.9 Å². The van der Waals surface area contributed by atoms with Gasteiger partial charge in [0.2, 0.25) is 0 Å². The summed E-state index contributed by atoms with van der Waals surface area (Å²) >= 11 is 0. The number of carbonyl (C=O) groups is 5. The molecule has 0 saturated heterocycles. The van der Waals surface area contributed by atoms with E-state index in [1.54, 1.807) is 19.8 Å². The number of aliphatic hydroxyl groups excluding tert-OH is 4. The van der Waals surface area contributed by atoms with Gasteiger partial charge in [-0.15, -0.1) is 0 Å². The van der Waals surface area contributed by atoms with Crippen molar-refractivity contribution in [1.29, 1.82) is 0 Å². The molecule has 0 bridgehead atoms. The topological polar surface area (TPSA) is 205 Å². The van der Waals surface area contributed by atoms with Crippen LogP contribution in [0.15, 0.2) is 34.9 Å². The minimum absolute atomic E-state index is 0.00330. The number of aldehydes is 1. The van der Waals surface area contributed by atoms with Gasteiger partial charge in [0.15, 0.2) is 0 Å². The molecule has 0 spiro atoms. The van der Waals surface area contributed by atoms with Gasteiger partial charge in [-0.2, -0.15) is 0 Å². The molecule has 0 heterocycles. The van der Waals surface area contributed by atoms with Crippen molar-refractivity contribution in [2.75, 3.05) is 27.4 Å². The Kier molecular flexibility index (Phi) is 19.1. The summed E-state index contributed by atoms with van der Waals surface area (Å²) in [7, 11) is 3.14. The molecule has 0 aromatic rings. The second-order valence-corrected chi connectivity index (χ2v) is 44.7. The van der Waals surface area contributed by atoms with E-state index in [0.717, 1.165) is 192 Å². The Morgan fingerprint density at radius 2 is 0.721 bits per heavy atom. The maximum absolute atomic E-state index is 13.4. The number of Topliss-reactive ketones (excluding diaryl/α,β-unsaturated/α-hetero) is 1. The Hall–Kier alpha value is -3.19. The lowest BCUT2D eigenvalue weighted by molar-refractivity contribution is -0.216. The van der Waals surface area contributed by atoms with Crippen molar-refractivity contribution in [2.45, 2.75) is 329 Å². The van der Waals surface area contributed by atoms with Crippen molar-refractivity contribution in [3.63, 3.8) is 0 Å². The first-order valence-electron chi connectivity index (χ1n) is 42.3. The molecule has 0 unspecified atom stereocenters. The molecule has 0 aromatic heterocycles. The zero-order valence-electron chi connectivity index (χ0n) is 68.9. The van der Waals surface area contributed by atoms with Crippen LogP contribution in [0.3, 0.4) is 0 Å². The summed E-state index contributed by atoms with van der Waals surface area (Å²) < 4.78 is 10.9. The first-order chi connectivity index (χ1) is 48.2. The molecule has 0 aromatic carbocycles. The second kappa shape index (κ2) is 25.2. The number of esters is 2. The molecule has 15 aliphatic carbocycles. The minimum Gasteiger partial charge on any atom is -0.481 e. The standard InChI is InChI=1S/C31H50O4.C31H46O4.C30H48O4/c2*1-26(2)14-16-31(25(34)35-7)17-15-29(5)20(21(31)18-26)8-9-23-27(3)12-11-24(33)28(4,19-32)22(27)10-13-30(23,29)6;1-25(2)13-15-30(24(33)34)16-14-28(5)19(20(30)17-25)7-8-22-26(3)11-10-23(32)27(4,18-31)21(26)9-12-29(22,28)6/h8,21-24,32-33H,9-19H2,1-7H3;8,19,21-23H,9-18H2,1-7H3;7,20-23,31-32H,8-18H2,1-6H3,(H,33,34)/t21-,22+,23+,24-,27-,28-,29+,30+,31-;21-,22+,23+,27-,28-,29+,30+,31-;20-,21+,22+,23-,26-,27-,28+,29+,30-/m000/s1. The van der Waals surface area contributed by atoms with E-state index < -0.39 is 39.8 Å². The van der Waals surface area contributed by atoms with Crippen LogP contribution in [0.1, 0.15) is 317 Å². The summed E-state index contributed by atoms with van der Waals surface area (Å²) in [5.41, 5.74) is 2.83.